The fraction of sp³-hybridized carbons (Fsp3) is 0.375. The fourth-order valence-electron chi connectivity index (χ4n) is 2.36. The topological polar surface area (TPSA) is 12.5 Å². The van der Waals surface area contributed by atoms with Crippen LogP contribution in [0.15, 0.2) is 42.5 Å². The first-order chi connectivity index (χ1) is 9.42. The largest absolute Gasteiger partial charge is 0.379 e. The van der Waals surface area contributed by atoms with Gasteiger partial charge >= 0.3 is 0 Å². The van der Waals surface area contributed by atoms with E-state index in [1.165, 1.54) is 16.3 Å². The molecule has 1 heterocycles. The summed E-state index contributed by atoms with van der Waals surface area (Å²) in [6.45, 7) is 3.87. The van der Waals surface area contributed by atoms with Gasteiger partial charge in [-0.3, -0.25) is 0 Å². The maximum Gasteiger partial charge on any atom is 0.0603 e. The first-order valence-electron chi connectivity index (χ1n) is 6.85. The zero-order valence-corrected chi connectivity index (χ0v) is 11.9. The molecule has 0 spiro atoms. The molecular formula is C16H19NOS. The highest BCUT2D eigenvalue weighted by Gasteiger charge is 2.10. The van der Waals surface area contributed by atoms with Crippen molar-refractivity contribution in [2.75, 3.05) is 32.1 Å². The molecular weight excluding hydrogens is 254 g/mol. The van der Waals surface area contributed by atoms with Gasteiger partial charge in [0.1, 0.15) is 0 Å². The van der Waals surface area contributed by atoms with Gasteiger partial charge in [0.15, 0.2) is 0 Å². The molecule has 0 radical (unpaired) electrons. The highest BCUT2D eigenvalue weighted by atomic mass is 32.2. The summed E-state index contributed by atoms with van der Waals surface area (Å²) in [6.07, 6.45) is 1.13. The van der Waals surface area contributed by atoms with Crippen LogP contribution < -0.4 is 0 Å². The highest BCUT2D eigenvalue weighted by Crippen LogP contribution is 2.18. The molecule has 0 saturated carbocycles. The maximum atomic E-state index is 5.36. The van der Waals surface area contributed by atoms with E-state index in [9.17, 15) is 0 Å². The van der Waals surface area contributed by atoms with Crippen molar-refractivity contribution in [3.8, 4) is 0 Å². The van der Waals surface area contributed by atoms with Crippen molar-refractivity contribution >= 4 is 22.7 Å². The van der Waals surface area contributed by atoms with Crippen LogP contribution in [-0.4, -0.2) is 36.4 Å². The molecule has 0 atom stereocenters. The van der Waals surface area contributed by atoms with Crippen LogP contribution in [0.3, 0.4) is 0 Å². The second-order valence-electron chi connectivity index (χ2n) is 4.81. The second kappa shape index (κ2) is 6.42. The number of morpholine rings is 1. The fourth-order valence-corrected chi connectivity index (χ4v) is 3.36. The van der Waals surface area contributed by atoms with Gasteiger partial charge in [-0.2, -0.15) is 0 Å². The van der Waals surface area contributed by atoms with Crippen LogP contribution in [0.25, 0.3) is 10.8 Å². The lowest BCUT2D eigenvalue weighted by Gasteiger charge is -2.25. The average Bonchev–Trinajstić information content (AvgIpc) is 2.48. The zero-order chi connectivity index (χ0) is 12.9. The smallest absolute Gasteiger partial charge is 0.0603 e. The quantitative estimate of drug-likeness (QED) is 0.793. The molecule has 0 unspecified atom stereocenters. The number of benzene rings is 2. The Balaban J connectivity index is 1.56. The first kappa shape index (κ1) is 13.0. The third-order valence-electron chi connectivity index (χ3n) is 3.45. The number of hydrogen-bond acceptors (Lipinski definition) is 3. The molecule has 0 amide bonds. The van der Waals surface area contributed by atoms with E-state index < -0.39 is 0 Å². The molecule has 3 rings (SSSR count). The molecule has 0 N–H and O–H groups in total. The Labute approximate surface area is 118 Å². The minimum Gasteiger partial charge on any atom is -0.379 e. The van der Waals surface area contributed by atoms with E-state index in [0.29, 0.717) is 0 Å². The van der Waals surface area contributed by atoms with Crippen molar-refractivity contribution in [1.29, 1.82) is 0 Å². The molecule has 1 aliphatic rings. The van der Waals surface area contributed by atoms with Crippen molar-refractivity contribution < 1.29 is 4.74 Å². The Morgan fingerprint density at radius 2 is 1.79 bits per heavy atom. The van der Waals surface area contributed by atoms with E-state index in [1.807, 2.05) is 11.9 Å². The monoisotopic (exact) mass is 273 g/mol. The predicted molar refractivity (Wildman–Crippen MR) is 82.5 cm³/mol. The number of ether oxygens (including phenoxy) is 1. The van der Waals surface area contributed by atoms with Gasteiger partial charge in [-0.15, -0.1) is 0 Å². The van der Waals surface area contributed by atoms with Crippen LogP contribution in [0.5, 0.6) is 0 Å². The lowest BCUT2D eigenvalue weighted by atomic mass is 10.1. The van der Waals surface area contributed by atoms with Crippen LogP contribution in [0.1, 0.15) is 5.56 Å². The Hall–Kier alpha value is -1.03. The minimum atomic E-state index is 0.878. The van der Waals surface area contributed by atoms with Crippen LogP contribution >= 0.6 is 11.9 Å². The summed E-state index contributed by atoms with van der Waals surface area (Å²) in [5.74, 6) is 1.15. The van der Waals surface area contributed by atoms with Crippen molar-refractivity contribution in [3.05, 3.63) is 48.0 Å². The summed E-state index contributed by atoms with van der Waals surface area (Å²) in [5, 5.41) is 2.67. The van der Waals surface area contributed by atoms with Crippen molar-refractivity contribution in [3.63, 3.8) is 0 Å². The second-order valence-corrected chi connectivity index (χ2v) is 5.99. The molecule has 0 aromatic heterocycles. The number of aryl methyl sites for hydroxylation is 1. The maximum absolute atomic E-state index is 5.36. The van der Waals surface area contributed by atoms with Crippen LogP contribution in [-0.2, 0) is 11.2 Å². The molecule has 2 aromatic rings. The molecule has 1 saturated heterocycles. The number of nitrogens with zero attached hydrogens (tertiary/aromatic N) is 1. The summed E-state index contributed by atoms with van der Waals surface area (Å²) < 4.78 is 7.78. The van der Waals surface area contributed by atoms with E-state index in [-0.39, 0.29) is 0 Å². The molecule has 2 nitrogen and oxygen atoms in total. The molecule has 19 heavy (non-hydrogen) atoms. The Morgan fingerprint density at radius 3 is 2.63 bits per heavy atom. The third-order valence-corrected chi connectivity index (χ3v) is 4.57. The van der Waals surface area contributed by atoms with Gasteiger partial charge in [0.25, 0.3) is 0 Å². The summed E-state index contributed by atoms with van der Waals surface area (Å²) >= 11 is 1.95. The summed E-state index contributed by atoms with van der Waals surface area (Å²) in [4.78, 5) is 0. The van der Waals surface area contributed by atoms with E-state index in [1.54, 1.807) is 0 Å². The minimum absolute atomic E-state index is 0.878. The van der Waals surface area contributed by atoms with Crippen molar-refractivity contribution in [2.45, 2.75) is 6.42 Å². The van der Waals surface area contributed by atoms with Gasteiger partial charge < -0.3 is 4.74 Å². The Bertz CT molecular complexity index is 537. The summed E-state index contributed by atoms with van der Waals surface area (Å²) in [5.41, 5.74) is 1.43. The summed E-state index contributed by atoms with van der Waals surface area (Å²) in [6, 6.07) is 15.3. The van der Waals surface area contributed by atoms with Gasteiger partial charge in [0.2, 0.25) is 0 Å². The van der Waals surface area contributed by atoms with Crippen LogP contribution in [0.2, 0.25) is 0 Å². The molecule has 1 fully saturated rings. The standard InChI is InChI=1S/C16H19NOS/c1-2-4-16-13-14(5-6-15(16)3-1)7-12-19-17-8-10-18-11-9-17/h1-6,13H,7-12H2. The normalized spacial score (nSPS) is 16.8. The lowest BCUT2D eigenvalue weighted by molar-refractivity contribution is 0.0773. The molecule has 2 aromatic carbocycles. The molecule has 3 heteroatoms. The molecule has 0 bridgehead atoms. The van der Waals surface area contributed by atoms with E-state index >= 15 is 0 Å². The highest BCUT2D eigenvalue weighted by molar-refractivity contribution is 7.97. The SMILES string of the molecule is c1ccc2cc(CCSN3CCOCC3)ccc2c1. The first-order valence-corrected chi connectivity index (χ1v) is 7.79. The van der Waals surface area contributed by atoms with Gasteiger partial charge in [-0.05, 0) is 22.8 Å². The van der Waals surface area contributed by atoms with Crippen molar-refractivity contribution in [1.82, 2.24) is 4.31 Å². The van der Waals surface area contributed by atoms with Gasteiger partial charge in [-0.25, -0.2) is 4.31 Å². The summed E-state index contributed by atoms with van der Waals surface area (Å²) in [7, 11) is 0. The molecule has 100 valence electrons. The van der Waals surface area contributed by atoms with Crippen molar-refractivity contribution in [2.24, 2.45) is 0 Å². The molecule has 1 aliphatic heterocycles. The van der Waals surface area contributed by atoms with E-state index in [4.69, 9.17) is 4.74 Å². The molecule has 0 aliphatic carbocycles. The zero-order valence-electron chi connectivity index (χ0n) is 11.0. The van der Waals surface area contributed by atoms with Crippen LogP contribution in [0, 0.1) is 0 Å². The van der Waals surface area contributed by atoms with E-state index in [2.05, 4.69) is 46.8 Å². The van der Waals surface area contributed by atoms with Crippen LogP contribution in [0.4, 0.5) is 0 Å². The number of rotatable bonds is 4. The number of fused-ring (bicyclic) bond motifs is 1. The van der Waals surface area contributed by atoms with Gasteiger partial charge in [0, 0.05) is 18.8 Å². The van der Waals surface area contributed by atoms with E-state index in [0.717, 1.165) is 38.5 Å². The average molecular weight is 273 g/mol. The Kier molecular flexibility index (Phi) is 4.38. The van der Waals surface area contributed by atoms with Gasteiger partial charge in [-0.1, -0.05) is 54.4 Å². The number of hydrogen-bond donors (Lipinski definition) is 0. The Morgan fingerprint density at radius 1 is 1.00 bits per heavy atom. The predicted octanol–water partition coefficient (Wildman–Crippen LogP) is 3.36. The lowest BCUT2D eigenvalue weighted by Crippen LogP contribution is -2.31. The van der Waals surface area contributed by atoms with Gasteiger partial charge in [0.05, 0.1) is 13.2 Å². The third kappa shape index (κ3) is 3.50.